The zero-order chi connectivity index (χ0) is 14.3. The van der Waals surface area contributed by atoms with Crippen molar-refractivity contribution in [2.24, 2.45) is 7.05 Å². The number of rotatable bonds is 2. The topological polar surface area (TPSA) is 64.2 Å². The van der Waals surface area contributed by atoms with E-state index in [-0.39, 0.29) is 5.91 Å². The van der Waals surface area contributed by atoms with E-state index in [1.807, 2.05) is 45.3 Å². The molecule has 0 aliphatic rings. The zero-order valence-electron chi connectivity index (χ0n) is 11.6. The first-order valence-electron chi connectivity index (χ1n) is 6.31. The number of hydrogen-bond donors (Lipinski definition) is 1. The monoisotopic (exact) mass is 269 g/mol. The summed E-state index contributed by atoms with van der Waals surface area (Å²) < 4.78 is 3.51. The van der Waals surface area contributed by atoms with Crippen molar-refractivity contribution >= 4 is 17.2 Å². The Bertz CT molecular complexity index is 799. The van der Waals surface area contributed by atoms with Gasteiger partial charge in [-0.25, -0.2) is 4.98 Å². The average Bonchev–Trinajstić information content (AvgIpc) is 2.96. The number of hydrogen-bond acceptors (Lipinski definition) is 3. The first-order chi connectivity index (χ1) is 9.58. The number of pyridine rings is 1. The van der Waals surface area contributed by atoms with Crippen LogP contribution in [-0.4, -0.2) is 25.1 Å². The summed E-state index contributed by atoms with van der Waals surface area (Å²) in [6, 6.07) is 5.61. The Kier molecular flexibility index (Phi) is 2.78. The number of imidazole rings is 1. The van der Waals surface area contributed by atoms with Gasteiger partial charge in [0.05, 0.1) is 23.3 Å². The van der Waals surface area contributed by atoms with E-state index in [0.717, 1.165) is 22.7 Å². The highest BCUT2D eigenvalue weighted by Crippen LogP contribution is 2.19. The predicted molar refractivity (Wildman–Crippen MR) is 75.8 cm³/mol. The van der Waals surface area contributed by atoms with Crippen LogP contribution in [-0.2, 0) is 7.05 Å². The SMILES string of the molecule is Cc1nn(C)c(C)c1NC(=O)c1cnc2ccccn12. The van der Waals surface area contributed by atoms with E-state index in [9.17, 15) is 4.79 Å². The molecule has 3 aromatic heterocycles. The van der Waals surface area contributed by atoms with Crippen molar-refractivity contribution in [1.82, 2.24) is 19.2 Å². The third-order valence-electron chi connectivity index (χ3n) is 3.40. The van der Waals surface area contributed by atoms with E-state index in [1.165, 1.54) is 0 Å². The fourth-order valence-corrected chi connectivity index (χ4v) is 2.23. The zero-order valence-corrected chi connectivity index (χ0v) is 11.6. The lowest BCUT2D eigenvalue weighted by atomic mass is 10.3. The predicted octanol–water partition coefficient (Wildman–Crippen LogP) is 1.94. The maximum absolute atomic E-state index is 12.4. The van der Waals surface area contributed by atoms with E-state index in [1.54, 1.807) is 15.3 Å². The van der Waals surface area contributed by atoms with Crippen molar-refractivity contribution in [3.05, 3.63) is 47.7 Å². The van der Waals surface area contributed by atoms with E-state index >= 15 is 0 Å². The minimum atomic E-state index is -0.192. The van der Waals surface area contributed by atoms with Gasteiger partial charge in [0.1, 0.15) is 11.3 Å². The molecule has 3 rings (SSSR count). The molecule has 3 heterocycles. The summed E-state index contributed by atoms with van der Waals surface area (Å²) >= 11 is 0. The van der Waals surface area contributed by atoms with Crippen LogP contribution in [0.15, 0.2) is 30.6 Å². The first-order valence-corrected chi connectivity index (χ1v) is 6.31. The standard InChI is InChI=1S/C14H15N5O/c1-9-13(10(2)18(3)17-9)16-14(20)11-8-15-12-6-4-5-7-19(11)12/h4-8H,1-3H3,(H,16,20). The van der Waals surface area contributed by atoms with Crippen LogP contribution in [0, 0.1) is 13.8 Å². The molecule has 3 aromatic rings. The fourth-order valence-electron chi connectivity index (χ4n) is 2.23. The highest BCUT2D eigenvalue weighted by Gasteiger charge is 2.16. The lowest BCUT2D eigenvalue weighted by Gasteiger charge is -2.05. The summed E-state index contributed by atoms with van der Waals surface area (Å²) in [6.45, 7) is 3.79. The van der Waals surface area contributed by atoms with E-state index in [2.05, 4.69) is 15.4 Å². The summed E-state index contributed by atoms with van der Waals surface area (Å²) in [5.74, 6) is -0.192. The normalized spacial score (nSPS) is 10.9. The summed E-state index contributed by atoms with van der Waals surface area (Å²) in [5.41, 5.74) is 3.72. The molecule has 0 aliphatic carbocycles. The van der Waals surface area contributed by atoms with Gasteiger partial charge >= 0.3 is 0 Å². The molecule has 6 heteroatoms. The van der Waals surface area contributed by atoms with Crippen molar-refractivity contribution in [3.8, 4) is 0 Å². The van der Waals surface area contributed by atoms with Crippen LogP contribution < -0.4 is 5.32 Å². The second-order valence-electron chi connectivity index (χ2n) is 4.70. The Hall–Kier alpha value is -2.63. The highest BCUT2D eigenvalue weighted by molar-refractivity contribution is 6.04. The highest BCUT2D eigenvalue weighted by atomic mass is 16.2. The fraction of sp³-hybridized carbons (Fsp3) is 0.214. The summed E-state index contributed by atoms with van der Waals surface area (Å²) in [7, 11) is 1.85. The van der Waals surface area contributed by atoms with Crippen molar-refractivity contribution in [2.75, 3.05) is 5.32 Å². The van der Waals surface area contributed by atoms with Crippen molar-refractivity contribution < 1.29 is 4.79 Å². The average molecular weight is 269 g/mol. The van der Waals surface area contributed by atoms with Gasteiger partial charge in [-0.1, -0.05) is 6.07 Å². The molecule has 1 amide bonds. The van der Waals surface area contributed by atoms with Crippen LogP contribution in [0.25, 0.3) is 5.65 Å². The molecule has 0 atom stereocenters. The molecule has 0 saturated carbocycles. The number of aromatic nitrogens is 4. The minimum absolute atomic E-state index is 0.192. The largest absolute Gasteiger partial charge is 0.317 e. The number of nitrogens with zero attached hydrogens (tertiary/aromatic N) is 4. The van der Waals surface area contributed by atoms with Crippen LogP contribution >= 0.6 is 0 Å². The molecular formula is C14H15N5O. The summed E-state index contributed by atoms with van der Waals surface area (Å²) in [4.78, 5) is 16.6. The molecule has 6 nitrogen and oxygen atoms in total. The van der Waals surface area contributed by atoms with Gasteiger partial charge in [-0.05, 0) is 26.0 Å². The lowest BCUT2D eigenvalue weighted by molar-refractivity contribution is 0.102. The molecule has 0 bridgehead atoms. The molecule has 0 fully saturated rings. The number of fused-ring (bicyclic) bond motifs is 1. The smallest absolute Gasteiger partial charge is 0.274 e. The third-order valence-corrected chi connectivity index (χ3v) is 3.40. The number of amides is 1. The van der Waals surface area contributed by atoms with Gasteiger partial charge < -0.3 is 5.32 Å². The molecule has 0 unspecified atom stereocenters. The molecule has 0 radical (unpaired) electrons. The van der Waals surface area contributed by atoms with Gasteiger partial charge in [-0.3, -0.25) is 13.9 Å². The molecule has 102 valence electrons. The van der Waals surface area contributed by atoms with Crippen LogP contribution in [0.2, 0.25) is 0 Å². The summed E-state index contributed by atoms with van der Waals surface area (Å²) in [6.07, 6.45) is 3.39. The summed E-state index contributed by atoms with van der Waals surface area (Å²) in [5, 5.41) is 7.20. The van der Waals surface area contributed by atoms with Crippen LogP contribution in [0.3, 0.4) is 0 Å². The van der Waals surface area contributed by atoms with E-state index in [0.29, 0.717) is 5.69 Å². The molecule has 0 spiro atoms. The lowest BCUT2D eigenvalue weighted by Crippen LogP contribution is -2.15. The second kappa shape index (κ2) is 4.48. The van der Waals surface area contributed by atoms with E-state index < -0.39 is 0 Å². The molecule has 0 aromatic carbocycles. The Morgan fingerprint density at radius 2 is 2.10 bits per heavy atom. The first kappa shape index (κ1) is 12.4. The number of nitrogens with one attached hydrogen (secondary N) is 1. The van der Waals surface area contributed by atoms with Crippen LogP contribution in [0.5, 0.6) is 0 Å². The van der Waals surface area contributed by atoms with Gasteiger partial charge in [0.25, 0.3) is 5.91 Å². The van der Waals surface area contributed by atoms with Crippen molar-refractivity contribution in [2.45, 2.75) is 13.8 Å². The maximum Gasteiger partial charge on any atom is 0.274 e. The van der Waals surface area contributed by atoms with Gasteiger partial charge in [-0.2, -0.15) is 5.10 Å². The molecule has 0 aliphatic heterocycles. The quantitative estimate of drug-likeness (QED) is 0.773. The number of carbonyl (C=O) groups excluding carboxylic acids is 1. The van der Waals surface area contributed by atoms with Gasteiger partial charge in [0.2, 0.25) is 0 Å². The van der Waals surface area contributed by atoms with Crippen LogP contribution in [0.4, 0.5) is 5.69 Å². The Balaban J connectivity index is 1.97. The minimum Gasteiger partial charge on any atom is -0.317 e. The Labute approximate surface area is 116 Å². The molecule has 1 N–H and O–H groups in total. The van der Waals surface area contributed by atoms with Crippen molar-refractivity contribution in [1.29, 1.82) is 0 Å². The number of aryl methyl sites for hydroxylation is 2. The third kappa shape index (κ3) is 1.85. The Morgan fingerprint density at radius 3 is 2.80 bits per heavy atom. The number of anilines is 1. The van der Waals surface area contributed by atoms with Crippen molar-refractivity contribution in [3.63, 3.8) is 0 Å². The van der Waals surface area contributed by atoms with Gasteiger partial charge in [-0.15, -0.1) is 0 Å². The molecule has 0 saturated heterocycles. The molecule has 20 heavy (non-hydrogen) atoms. The van der Waals surface area contributed by atoms with Gasteiger partial charge in [0, 0.05) is 13.2 Å². The van der Waals surface area contributed by atoms with E-state index in [4.69, 9.17) is 0 Å². The molecular weight excluding hydrogens is 254 g/mol. The second-order valence-corrected chi connectivity index (χ2v) is 4.70. The van der Waals surface area contributed by atoms with Crippen LogP contribution in [0.1, 0.15) is 21.9 Å². The maximum atomic E-state index is 12.4. The number of carbonyl (C=O) groups is 1. The Morgan fingerprint density at radius 1 is 1.30 bits per heavy atom. The van der Waals surface area contributed by atoms with Gasteiger partial charge in [0.15, 0.2) is 0 Å².